The van der Waals surface area contributed by atoms with E-state index in [1.54, 1.807) is 0 Å². The minimum atomic E-state index is -0.106. The molecule has 1 atom stereocenters. The van der Waals surface area contributed by atoms with Gasteiger partial charge in [0, 0.05) is 23.3 Å². The zero-order valence-electron chi connectivity index (χ0n) is 13.7. The quantitative estimate of drug-likeness (QED) is 0.836. The highest BCUT2D eigenvalue weighted by molar-refractivity contribution is 6.08. The molecule has 4 rings (SSSR count). The number of carbonyl (C=O) groups is 1. The second-order valence-corrected chi connectivity index (χ2v) is 7.39. The number of H-pyrrole nitrogens is 1. The minimum Gasteiger partial charge on any atom is -0.357 e. The van der Waals surface area contributed by atoms with Crippen molar-refractivity contribution in [2.75, 3.05) is 5.32 Å². The van der Waals surface area contributed by atoms with Gasteiger partial charge in [0.05, 0.1) is 6.04 Å². The van der Waals surface area contributed by atoms with Crippen LogP contribution in [-0.4, -0.2) is 16.0 Å². The summed E-state index contributed by atoms with van der Waals surface area (Å²) < 4.78 is 0. The predicted octanol–water partition coefficient (Wildman–Crippen LogP) is 4.03. The Labute approximate surface area is 136 Å². The zero-order chi connectivity index (χ0) is 16.2. The molecule has 0 saturated heterocycles. The van der Waals surface area contributed by atoms with Gasteiger partial charge in [-0.3, -0.25) is 9.89 Å². The molecule has 1 aliphatic carbocycles. The van der Waals surface area contributed by atoms with E-state index in [1.165, 1.54) is 5.57 Å². The van der Waals surface area contributed by atoms with E-state index in [4.69, 9.17) is 0 Å². The molecule has 0 radical (unpaired) electrons. The third-order valence-corrected chi connectivity index (χ3v) is 4.87. The Hall–Kier alpha value is -2.36. The average Bonchev–Trinajstić information content (AvgIpc) is 2.87. The van der Waals surface area contributed by atoms with Gasteiger partial charge in [0.25, 0.3) is 0 Å². The molecule has 1 unspecified atom stereocenters. The van der Waals surface area contributed by atoms with Crippen molar-refractivity contribution in [3.8, 4) is 0 Å². The van der Waals surface area contributed by atoms with Crippen LogP contribution < -0.4 is 5.32 Å². The molecule has 4 nitrogen and oxygen atoms in total. The number of hydrogen-bond donors (Lipinski definition) is 2. The normalized spacial score (nSPS) is 22.4. The molecule has 1 aromatic heterocycles. The summed E-state index contributed by atoms with van der Waals surface area (Å²) in [6.45, 7) is 6.36. The molecule has 2 aromatic rings. The van der Waals surface area contributed by atoms with Gasteiger partial charge >= 0.3 is 0 Å². The Kier molecular flexibility index (Phi) is 2.98. The second-order valence-electron chi connectivity index (χ2n) is 7.39. The van der Waals surface area contributed by atoms with Gasteiger partial charge in [-0.15, -0.1) is 0 Å². The summed E-state index contributed by atoms with van der Waals surface area (Å²) in [7, 11) is 0. The van der Waals surface area contributed by atoms with Gasteiger partial charge in [-0.2, -0.15) is 5.10 Å². The highest BCUT2D eigenvalue weighted by Crippen LogP contribution is 2.50. The Morgan fingerprint density at radius 3 is 2.65 bits per heavy atom. The summed E-state index contributed by atoms with van der Waals surface area (Å²) in [4.78, 5) is 12.9. The first-order valence-electron chi connectivity index (χ1n) is 8.09. The maximum atomic E-state index is 12.9. The summed E-state index contributed by atoms with van der Waals surface area (Å²) >= 11 is 0. The number of aryl methyl sites for hydroxylation is 1. The van der Waals surface area contributed by atoms with E-state index >= 15 is 0 Å². The second kappa shape index (κ2) is 4.82. The molecule has 2 heterocycles. The van der Waals surface area contributed by atoms with Gasteiger partial charge in [0.15, 0.2) is 11.6 Å². The molecule has 0 bridgehead atoms. The molecule has 1 aromatic carbocycles. The number of benzene rings is 1. The molecule has 1 aliphatic heterocycles. The molecule has 0 fully saturated rings. The minimum absolute atomic E-state index is 0.00449. The van der Waals surface area contributed by atoms with Gasteiger partial charge in [-0.1, -0.05) is 44.2 Å². The Balaban J connectivity index is 1.94. The predicted molar refractivity (Wildman–Crippen MR) is 91.1 cm³/mol. The topological polar surface area (TPSA) is 57.8 Å². The maximum Gasteiger partial charge on any atom is 0.162 e. The Morgan fingerprint density at radius 2 is 1.91 bits per heavy atom. The molecular weight excluding hydrogens is 286 g/mol. The SMILES string of the molecule is Cc1[nH]nc2c1C1=C(C(=O)CC(C)(C)C1)C(c1ccccc1)N2. The molecule has 2 aliphatic rings. The van der Waals surface area contributed by atoms with Crippen molar-refractivity contribution >= 4 is 17.2 Å². The number of anilines is 1. The van der Waals surface area contributed by atoms with Crippen LogP contribution in [0.5, 0.6) is 0 Å². The fourth-order valence-corrected chi connectivity index (χ4v) is 3.90. The molecule has 0 spiro atoms. The summed E-state index contributed by atoms with van der Waals surface area (Å²) in [5.41, 5.74) is 5.31. The summed E-state index contributed by atoms with van der Waals surface area (Å²) in [6, 6.07) is 10.1. The number of hydrogen-bond acceptors (Lipinski definition) is 3. The lowest BCUT2D eigenvalue weighted by atomic mass is 9.68. The van der Waals surface area contributed by atoms with Crippen LogP contribution in [-0.2, 0) is 4.79 Å². The van der Waals surface area contributed by atoms with Crippen LogP contribution in [0, 0.1) is 12.3 Å². The van der Waals surface area contributed by atoms with Crippen molar-refractivity contribution in [3.63, 3.8) is 0 Å². The number of rotatable bonds is 1. The average molecular weight is 307 g/mol. The highest BCUT2D eigenvalue weighted by Gasteiger charge is 2.41. The van der Waals surface area contributed by atoms with Gasteiger partial charge < -0.3 is 5.32 Å². The van der Waals surface area contributed by atoms with Gasteiger partial charge in [0.1, 0.15) is 0 Å². The number of nitrogens with zero attached hydrogens (tertiary/aromatic N) is 1. The third kappa shape index (κ3) is 2.21. The van der Waals surface area contributed by atoms with Crippen LogP contribution in [0.2, 0.25) is 0 Å². The summed E-state index contributed by atoms with van der Waals surface area (Å²) in [5, 5.41) is 11.0. The van der Waals surface area contributed by atoms with E-state index in [0.29, 0.717) is 6.42 Å². The number of ketones is 1. The monoisotopic (exact) mass is 307 g/mol. The van der Waals surface area contributed by atoms with E-state index in [9.17, 15) is 4.79 Å². The molecule has 118 valence electrons. The van der Waals surface area contributed by atoms with Crippen LogP contribution in [0.25, 0.3) is 5.57 Å². The summed E-state index contributed by atoms with van der Waals surface area (Å²) in [6.07, 6.45) is 1.51. The maximum absolute atomic E-state index is 12.9. The Bertz CT molecular complexity index is 814. The van der Waals surface area contributed by atoms with Crippen LogP contribution in [0.1, 0.15) is 49.6 Å². The number of Topliss-reactive ketones (excluding diaryl/α,β-unsaturated/α-hetero) is 1. The van der Waals surface area contributed by atoms with Gasteiger partial charge in [0.2, 0.25) is 0 Å². The van der Waals surface area contributed by atoms with E-state index in [1.807, 2.05) is 25.1 Å². The Morgan fingerprint density at radius 1 is 1.17 bits per heavy atom. The van der Waals surface area contributed by atoms with E-state index in [-0.39, 0.29) is 17.2 Å². The van der Waals surface area contributed by atoms with Crippen molar-refractivity contribution in [2.45, 2.75) is 39.7 Å². The van der Waals surface area contributed by atoms with Crippen LogP contribution in [0.15, 0.2) is 35.9 Å². The standard InChI is InChI=1S/C19H21N3O/c1-11-15-13-9-19(2,3)10-14(23)16(13)17(20-18(15)22-21-11)12-7-5-4-6-8-12/h4-8,17H,9-10H2,1-3H3,(H2,20,21,22). The van der Waals surface area contributed by atoms with Crippen molar-refractivity contribution in [1.29, 1.82) is 0 Å². The first kappa shape index (κ1) is 14.2. The van der Waals surface area contributed by atoms with Crippen LogP contribution >= 0.6 is 0 Å². The first-order valence-corrected chi connectivity index (χ1v) is 8.09. The number of aromatic amines is 1. The van der Waals surface area contributed by atoms with E-state index in [0.717, 1.165) is 34.6 Å². The molecule has 0 amide bonds. The lowest BCUT2D eigenvalue weighted by Gasteiger charge is -2.38. The van der Waals surface area contributed by atoms with Gasteiger partial charge in [-0.05, 0) is 29.9 Å². The van der Waals surface area contributed by atoms with Crippen molar-refractivity contribution in [1.82, 2.24) is 10.2 Å². The molecule has 4 heteroatoms. The molecular formula is C19H21N3O. The third-order valence-electron chi connectivity index (χ3n) is 4.87. The van der Waals surface area contributed by atoms with Crippen molar-refractivity contribution < 1.29 is 4.79 Å². The molecule has 0 saturated carbocycles. The largest absolute Gasteiger partial charge is 0.357 e. The number of fused-ring (bicyclic) bond motifs is 2. The zero-order valence-corrected chi connectivity index (χ0v) is 13.7. The smallest absolute Gasteiger partial charge is 0.162 e. The fourth-order valence-electron chi connectivity index (χ4n) is 3.90. The number of aromatic nitrogens is 2. The van der Waals surface area contributed by atoms with Crippen molar-refractivity contribution in [2.24, 2.45) is 5.41 Å². The van der Waals surface area contributed by atoms with Gasteiger partial charge in [-0.25, -0.2) is 0 Å². The molecule has 23 heavy (non-hydrogen) atoms. The van der Waals surface area contributed by atoms with E-state index in [2.05, 4.69) is 41.5 Å². The highest BCUT2D eigenvalue weighted by atomic mass is 16.1. The number of carbonyl (C=O) groups excluding carboxylic acids is 1. The van der Waals surface area contributed by atoms with Crippen LogP contribution in [0.3, 0.4) is 0 Å². The summed E-state index contributed by atoms with van der Waals surface area (Å²) in [5.74, 6) is 1.12. The van der Waals surface area contributed by atoms with Crippen LogP contribution in [0.4, 0.5) is 5.82 Å². The molecule has 2 N–H and O–H groups in total. The van der Waals surface area contributed by atoms with Crippen molar-refractivity contribution in [3.05, 3.63) is 52.7 Å². The first-order chi connectivity index (χ1) is 11.0. The van der Waals surface area contributed by atoms with E-state index < -0.39 is 0 Å². The lowest BCUT2D eigenvalue weighted by molar-refractivity contribution is -0.118. The number of allylic oxidation sites excluding steroid dienone is 1. The fraction of sp³-hybridized carbons (Fsp3) is 0.368. The number of nitrogens with one attached hydrogen (secondary N) is 2. The lowest BCUT2D eigenvalue weighted by Crippen LogP contribution is -2.33.